The van der Waals surface area contributed by atoms with Crippen molar-refractivity contribution in [2.24, 2.45) is 0 Å². The predicted molar refractivity (Wildman–Crippen MR) is 56.1 cm³/mol. The number of ether oxygens (including phenoxy) is 1. The number of rotatable bonds is 3. The van der Waals surface area contributed by atoms with Gasteiger partial charge in [0.05, 0.1) is 7.11 Å². The van der Waals surface area contributed by atoms with E-state index in [1.165, 1.54) is 14.2 Å². The highest BCUT2D eigenvalue weighted by Crippen LogP contribution is 2.23. The van der Waals surface area contributed by atoms with Crippen LogP contribution in [-0.4, -0.2) is 22.6 Å². The van der Waals surface area contributed by atoms with Crippen LogP contribution < -0.4 is 9.46 Å². The molecule has 0 unspecified atom stereocenters. The smallest absolute Gasteiger partial charge is 0.244 e. The second-order valence-electron chi connectivity index (χ2n) is 2.86. The molecule has 80 valence electrons. The molecule has 0 atom stereocenters. The zero-order valence-electron chi connectivity index (χ0n) is 8.37. The molecule has 1 rings (SSSR count). The maximum absolute atomic E-state index is 11.5. The summed E-state index contributed by atoms with van der Waals surface area (Å²) in [6.07, 6.45) is 0. The van der Waals surface area contributed by atoms with Crippen molar-refractivity contribution < 1.29 is 14.6 Å². The molecule has 0 aliphatic rings. The van der Waals surface area contributed by atoms with Crippen LogP contribution in [0.25, 0.3) is 0 Å². The van der Waals surface area contributed by atoms with Crippen LogP contribution in [0.2, 0.25) is 0 Å². The van der Waals surface area contributed by atoms with Crippen molar-refractivity contribution in [1.82, 2.24) is 4.72 Å². The summed E-state index contributed by atoms with van der Waals surface area (Å²) in [5.74, 6) is 0.352. The van der Waals surface area contributed by atoms with Crippen LogP contribution in [0.4, 0.5) is 0 Å². The molecule has 1 N–H and O–H groups in total. The molecule has 0 spiro atoms. The molecule has 0 aliphatic heterocycles. The molecule has 0 amide bonds. The molecular formula is C9H15NO3S. The number of nitrogens with one attached hydrogen (secondary N) is 1. The first kappa shape index (κ1) is 11.0. The number of benzene rings is 1. The van der Waals surface area contributed by atoms with Gasteiger partial charge in [0.1, 0.15) is 10.6 Å². The van der Waals surface area contributed by atoms with Gasteiger partial charge in [-0.2, -0.15) is 0 Å². The molecule has 0 aromatic heterocycles. The van der Waals surface area contributed by atoms with Crippen molar-refractivity contribution in [3.05, 3.63) is 23.8 Å². The van der Waals surface area contributed by atoms with Gasteiger partial charge < -0.3 is 4.74 Å². The van der Waals surface area contributed by atoms with Gasteiger partial charge >= 0.3 is 0 Å². The van der Waals surface area contributed by atoms with E-state index in [1.54, 1.807) is 18.2 Å². The largest absolute Gasteiger partial charge is 0.495 e. The Balaban J connectivity index is 0.00000196. The van der Waals surface area contributed by atoms with Gasteiger partial charge in [-0.05, 0) is 31.7 Å². The summed E-state index contributed by atoms with van der Waals surface area (Å²) >= 11 is 0. The molecule has 0 bridgehead atoms. The number of hydrogen-bond acceptors (Lipinski definition) is 3. The summed E-state index contributed by atoms with van der Waals surface area (Å²) in [5, 5.41) is 0. The van der Waals surface area contributed by atoms with Gasteiger partial charge in [0.15, 0.2) is 0 Å². The van der Waals surface area contributed by atoms with E-state index >= 15 is 0 Å². The van der Waals surface area contributed by atoms with Gasteiger partial charge in [-0.25, -0.2) is 13.1 Å². The van der Waals surface area contributed by atoms with E-state index in [0.717, 1.165) is 5.56 Å². The molecule has 0 radical (unpaired) electrons. The molecule has 0 aliphatic carbocycles. The third kappa shape index (κ3) is 2.05. The first-order chi connectivity index (χ1) is 6.51. The SMILES string of the molecule is CNS(=O)(=O)c1cc(C)ccc1OC.[HH]. The lowest BCUT2D eigenvalue weighted by Gasteiger charge is -2.08. The molecule has 1 aromatic rings. The second-order valence-corrected chi connectivity index (χ2v) is 4.72. The quantitative estimate of drug-likeness (QED) is 0.826. The third-order valence-corrected chi connectivity index (χ3v) is 3.31. The highest BCUT2D eigenvalue weighted by Gasteiger charge is 2.16. The van der Waals surface area contributed by atoms with Gasteiger partial charge in [0.2, 0.25) is 10.0 Å². The molecule has 5 heteroatoms. The van der Waals surface area contributed by atoms with E-state index in [9.17, 15) is 8.42 Å². The first-order valence-corrected chi connectivity index (χ1v) is 5.58. The maximum atomic E-state index is 11.5. The van der Waals surface area contributed by atoms with Crippen molar-refractivity contribution in [2.75, 3.05) is 14.2 Å². The minimum Gasteiger partial charge on any atom is -0.495 e. The Morgan fingerprint density at radius 2 is 2.07 bits per heavy atom. The maximum Gasteiger partial charge on any atom is 0.244 e. The van der Waals surface area contributed by atoms with E-state index in [0.29, 0.717) is 5.75 Å². The lowest BCUT2D eigenvalue weighted by molar-refractivity contribution is 0.402. The number of hydrogen-bond donors (Lipinski definition) is 1. The zero-order chi connectivity index (χ0) is 10.8. The molecular weight excluding hydrogens is 202 g/mol. The van der Waals surface area contributed by atoms with Crippen molar-refractivity contribution in [1.29, 1.82) is 0 Å². The summed E-state index contributed by atoms with van der Waals surface area (Å²) in [7, 11) is -0.623. The van der Waals surface area contributed by atoms with E-state index in [4.69, 9.17) is 4.74 Å². The molecule has 0 saturated heterocycles. The summed E-state index contributed by atoms with van der Waals surface area (Å²) in [4.78, 5) is 0.169. The molecule has 0 heterocycles. The average molecular weight is 217 g/mol. The number of sulfonamides is 1. The van der Waals surface area contributed by atoms with Crippen molar-refractivity contribution in [3.8, 4) is 5.75 Å². The normalized spacial score (nSPS) is 11.4. The van der Waals surface area contributed by atoms with Crippen LogP contribution in [0.3, 0.4) is 0 Å². The van der Waals surface area contributed by atoms with Crippen LogP contribution in [0.1, 0.15) is 6.99 Å². The van der Waals surface area contributed by atoms with Crippen LogP contribution in [-0.2, 0) is 10.0 Å². The van der Waals surface area contributed by atoms with Crippen LogP contribution in [0.5, 0.6) is 5.75 Å². The molecule has 14 heavy (non-hydrogen) atoms. The Morgan fingerprint density at radius 1 is 1.43 bits per heavy atom. The lowest BCUT2D eigenvalue weighted by Crippen LogP contribution is -2.19. The van der Waals surface area contributed by atoms with Gasteiger partial charge in [0, 0.05) is 1.43 Å². The zero-order valence-corrected chi connectivity index (χ0v) is 9.18. The lowest BCUT2D eigenvalue weighted by atomic mass is 10.2. The predicted octanol–water partition coefficient (Wildman–Crippen LogP) is 1.16. The Labute approximate surface area is 85.4 Å². The van der Waals surface area contributed by atoms with E-state index < -0.39 is 10.0 Å². The standard InChI is InChI=1S/C9H13NO3S.H2/c1-7-4-5-8(13-3)9(6-7)14(11,12)10-2;/h4-6,10H,1-3H3;1H. The molecule has 0 fully saturated rings. The highest BCUT2D eigenvalue weighted by atomic mass is 32.2. The van der Waals surface area contributed by atoms with Crippen molar-refractivity contribution in [3.63, 3.8) is 0 Å². The summed E-state index contributed by atoms with van der Waals surface area (Å²) in [5.41, 5.74) is 0.875. The van der Waals surface area contributed by atoms with Crippen LogP contribution in [0.15, 0.2) is 23.1 Å². The van der Waals surface area contributed by atoms with E-state index in [-0.39, 0.29) is 6.32 Å². The monoisotopic (exact) mass is 217 g/mol. The molecule has 4 nitrogen and oxygen atoms in total. The van der Waals surface area contributed by atoms with Crippen LogP contribution >= 0.6 is 0 Å². The first-order valence-electron chi connectivity index (χ1n) is 4.09. The Hall–Kier alpha value is -1.07. The van der Waals surface area contributed by atoms with E-state index in [2.05, 4.69) is 4.72 Å². The van der Waals surface area contributed by atoms with Crippen molar-refractivity contribution >= 4 is 10.0 Å². The minimum atomic E-state index is -3.44. The second kappa shape index (κ2) is 3.98. The Morgan fingerprint density at radius 3 is 2.57 bits per heavy atom. The Bertz CT molecular complexity index is 431. The number of methoxy groups -OCH3 is 1. The third-order valence-electron chi connectivity index (χ3n) is 1.88. The minimum absolute atomic E-state index is 0. The summed E-state index contributed by atoms with van der Waals surface area (Å²) in [6, 6.07) is 5.01. The summed E-state index contributed by atoms with van der Waals surface area (Å²) in [6.45, 7) is 1.83. The average Bonchev–Trinajstić information content (AvgIpc) is 2.18. The number of aryl methyl sites for hydroxylation is 1. The van der Waals surface area contributed by atoms with E-state index in [1.807, 2.05) is 6.92 Å². The van der Waals surface area contributed by atoms with Gasteiger partial charge in [-0.1, -0.05) is 6.07 Å². The van der Waals surface area contributed by atoms with Crippen LogP contribution in [0, 0.1) is 6.92 Å². The fraction of sp³-hybridized carbons (Fsp3) is 0.333. The Kier molecular flexibility index (Phi) is 3.13. The van der Waals surface area contributed by atoms with Crippen molar-refractivity contribution in [2.45, 2.75) is 11.8 Å². The van der Waals surface area contributed by atoms with Gasteiger partial charge in [-0.3, -0.25) is 0 Å². The fourth-order valence-corrected chi connectivity index (χ4v) is 2.08. The van der Waals surface area contributed by atoms with Gasteiger partial charge in [-0.15, -0.1) is 0 Å². The van der Waals surface area contributed by atoms with Gasteiger partial charge in [0.25, 0.3) is 0 Å². The fourth-order valence-electron chi connectivity index (χ4n) is 1.10. The summed E-state index contributed by atoms with van der Waals surface area (Å²) < 4.78 is 30.3. The topological polar surface area (TPSA) is 55.4 Å². The highest BCUT2D eigenvalue weighted by molar-refractivity contribution is 7.89. The molecule has 0 saturated carbocycles. The molecule has 1 aromatic carbocycles.